The first-order valence-electron chi connectivity index (χ1n) is 9.34. The van der Waals surface area contributed by atoms with Crippen LogP contribution in [-0.2, 0) is 9.59 Å². The first-order chi connectivity index (χ1) is 14.6. The maximum absolute atomic E-state index is 13.2. The van der Waals surface area contributed by atoms with E-state index in [0.29, 0.717) is 38.4 Å². The summed E-state index contributed by atoms with van der Waals surface area (Å²) in [5.41, 5.74) is 1.54. The quantitative estimate of drug-likeness (QED) is 0.374. The number of thiocarbonyl (C=S) groups is 1. The van der Waals surface area contributed by atoms with Gasteiger partial charge in [0, 0.05) is 5.02 Å². The van der Waals surface area contributed by atoms with Crippen molar-refractivity contribution in [1.82, 2.24) is 5.32 Å². The molecule has 0 atom stereocenters. The molecule has 1 aliphatic heterocycles. The Bertz CT molecular complexity index is 1110. The van der Waals surface area contributed by atoms with Gasteiger partial charge in [0.25, 0.3) is 11.8 Å². The van der Waals surface area contributed by atoms with E-state index in [1.165, 1.54) is 18.1 Å². The molecule has 0 unspecified atom stereocenters. The summed E-state index contributed by atoms with van der Waals surface area (Å²) in [7, 11) is 1.48. The van der Waals surface area contributed by atoms with E-state index in [2.05, 4.69) is 5.32 Å². The second-order valence-corrected chi connectivity index (χ2v) is 8.24. The van der Waals surface area contributed by atoms with E-state index in [1.54, 1.807) is 37.3 Å². The Morgan fingerprint density at radius 3 is 2.52 bits per heavy atom. The van der Waals surface area contributed by atoms with E-state index in [1.807, 2.05) is 13.8 Å². The van der Waals surface area contributed by atoms with Crippen LogP contribution < -0.4 is 19.7 Å². The van der Waals surface area contributed by atoms with Crippen molar-refractivity contribution >= 4 is 64.1 Å². The molecule has 2 aromatic rings. The third kappa shape index (κ3) is 4.69. The SMILES string of the molecule is COc1cc(/C=C2\C(=O)NC(=S)N(c3cccc(Cl)c3C)C2=O)cc(Cl)c1OC(C)C. The molecule has 2 aromatic carbocycles. The number of halogens is 2. The van der Waals surface area contributed by atoms with Crippen LogP contribution in [0.3, 0.4) is 0 Å². The summed E-state index contributed by atoms with van der Waals surface area (Å²) in [5.74, 6) is -0.409. The van der Waals surface area contributed by atoms with Gasteiger partial charge in [-0.15, -0.1) is 0 Å². The number of carbonyl (C=O) groups is 2. The molecule has 3 rings (SSSR count). The van der Waals surface area contributed by atoms with Crippen LogP contribution in [0.25, 0.3) is 6.08 Å². The molecule has 31 heavy (non-hydrogen) atoms. The minimum atomic E-state index is -0.608. The standard InChI is InChI=1S/C22H20Cl2N2O4S/c1-11(2)30-19-16(24)9-13(10-18(19)29-4)8-14-20(27)25-22(31)26(21(14)28)17-7-5-6-15(23)12(17)3/h5-11H,1-4H3,(H,25,27,31)/b14-8+. The van der Waals surface area contributed by atoms with Gasteiger partial charge in [-0.3, -0.25) is 19.8 Å². The van der Waals surface area contributed by atoms with Crippen molar-refractivity contribution in [3.63, 3.8) is 0 Å². The van der Waals surface area contributed by atoms with Crippen LogP contribution in [0.2, 0.25) is 10.0 Å². The van der Waals surface area contributed by atoms with Gasteiger partial charge >= 0.3 is 0 Å². The summed E-state index contributed by atoms with van der Waals surface area (Å²) in [6, 6.07) is 8.36. The second kappa shape index (κ2) is 9.26. The number of hydrogen-bond donors (Lipinski definition) is 1. The lowest BCUT2D eigenvalue weighted by molar-refractivity contribution is -0.122. The molecule has 1 saturated heterocycles. The number of anilines is 1. The van der Waals surface area contributed by atoms with Crippen LogP contribution in [0.5, 0.6) is 11.5 Å². The van der Waals surface area contributed by atoms with E-state index in [0.717, 1.165) is 0 Å². The molecule has 1 heterocycles. The van der Waals surface area contributed by atoms with Gasteiger partial charge in [-0.1, -0.05) is 29.3 Å². The van der Waals surface area contributed by atoms with Crippen molar-refractivity contribution in [1.29, 1.82) is 0 Å². The average molecular weight is 479 g/mol. The van der Waals surface area contributed by atoms with E-state index < -0.39 is 11.8 Å². The van der Waals surface area contributed by atoms with Crippen molar-refractivity contribution in [3.05, 3.63) is 57.1 Å². The molecule has 0 spiro atoms. The van der Waals surface area contributed by atoms with Crippen molar-refractivity contribution in [3.8, 4) is 11.5 Å². The Hall–Kier alpha value is -2.61. The van der Waals surface area contributed by atoms with Gasteiger partial charge < -0.3 is 9.47 Å². The highest BCUT2D eigenvalue weighted by Crippen LogP contribution is 2.38. The maximum Gasteiger partial charge on any atom is 0.270 e. The Kier molecular flexibility index (Phi) is 6.89. The third-order valence-corrected chi connectivity index (χ3v) is 5.47. The van der Waals surface area contributed by atoms with Crippen LogP contribution in [0.4, 0.5) is 5.69 Å². The molecule has 1 N–H and O–H groups in total. The normalized spacial score (nSPS) is 15.5. The summed E-state index contributed by atoms with van der Waals surface area (Å²) in [5, 5.41) is 3.31. The summed E-state index contributed by atoms with van der Waals surface area (Å²) in [4.78, 5) is 27.1. The fourth-order valence-electron chi connectivity index (χ4n) is 3.05. The van der Waals surface area contributed by atoms with Gasteiger partial charge in [0.2, 0.25) is 0 Å². The lowest BCUT2D eigenvalue weighted by Gasteiger charge is -2.30. The predicted octanol–water partition coefficient (Wildman–Crippen LogP) is 4.93. The minimum Gasteiger partial charge on any atom is -0.493 e. The predicted molar refractivity (Wildman–Crippen MR) is 126 cm³/mol. The molecule has 1 aliphatic rings. The number of methoxy groups -OCH3 is 1. The van der Waals surface area contributed by atoms with Crippen molar-refractivity contribution < 1.29 is 19.1 Å². The summed E-state index contributed by atoms with van der Waals surface area (Å²) in [6.45, 7) is 5.50. The fraction of sp³-hybridized carbons (Fsp3) is 0.227. The van der Waals surface area contributed by atoms with Gasteiger partial charge in [0.1, 0.15) is 5.57 Å². The van der Waals surface area contributed by atoms with Gasteiger partial charge in [0.15, 0.2) is 16.6 Å². The lowest BCUT2D eigenvalue weighted by Crippen LogP contribution is -2.54. The zero-order chi connectivity index (χ0) is 22.9. The number of amides is 2. The van der Waals surface area contributed by atoms with Crippen LogP contribution in [0.15, 0.2) is 35.9 Å². The molecule has 162 valence electrons. The Balaban J connectivity index is 2.06. The van der Waals surface area contributed by atoms with Crippen molar-refractivity contribution in [2.75, 3.05) is 12.0 Å². The molecular weight excluding hydrogens is 459 g/mol. The van der Waals surface area contributed by atoms with Crippen LogP contribution in [0.1, 0.15) is 25.0 Å². The molecule has 6 nitrogen and oxygen atoms in total. The number of rotatable bonds is 5. The maximum atomic E-state index is 13.2. The highest BCUT2D eigenvalue weighted by Gasteiger charge is 2.35. The summed E-state index contributed by atoms with van der Waals surface area (Å²) in [6.07, 6.45) is 1.32. The number of hydrogen-bond acceptors (Lipinski definition) is 5. The highest BCUT2D eigenvalue weighted by atomic mass is 35.5. The number of carbonyl (C=O) groups excluding carboxylic acids is 2. The molecule has 0 radical (unpaired) electrons. The first-order valence-corrected chi connectivity index (χ1v) is 10.5. The van der Waals surface area contributed by atoms with E-state index in [9.17, 15) is 9.59 Å². The van der Waals surface area contributed by atoms with E-state index in [4.69, 9.17) is 44.9 Å². The van der Waals surface area contributed by atoms with Crippen molar-refractivity contribution in [2.45, 2.75) is 26.9 Å². The molecule has 0 aromatic heterocycles. The van der Waals surface area contributed by atoms with Gasteiger partial charge in [0.05, 0.1) is 23.9 Å². The number of ether oxygens (including phenoxy) is 2. The zero-order valence-corrected chi connectivity index (χ0v) is 19.6. The van der Waals surface area contributed by atoms with Crippen LogP contribution >= 0.6 is 35.4 Å². The van der Waals surface area contributed by atoms with Gasteiger partial charge in [-0.25, -0.2) is 0 Å². The van der Waals surface area contributed by atoms with Crippen molar-refractivity contribution in [2.24, 2.45) is 0 Å². The summed E-state index contributed by atoms with van der Waals surface area (Å²) >= 11 is 17.8. The Labute approximate surface area is 195 Å². The topological polar surface area (TPSA) is 67.9 Å². The van der Waals surface area contributed by atoms with Gasteiger partial charge in [-0.05, 0) is 74.5 Å². The first kappa shape index (κ1) is 23.1. The molecule has 0 saturated carbocycles. The van der Waals surface area contributed by atoms with Gasteiger partial charge in [-0.2, -0.15) is 0 Å². The molecule has 0 bridgehead atoms. The zero-order valence-electron chi connectivity index (χ0n) is 17.3. The Morgan fingerprint density at radius 2 is 1.87 bits per heavy atom. The Morgan fingerprint density at radius 1 is 1.16 bits per heavy atom. The largest absolute Gasteiger partial charge is 0.493 e. The number of nitrogens with zero attached hydrogens (tertiary/aromatic N) is 1. The lowest BCUT2D eigenvalue weighted by atomic mass is 10.1. The highest BCUT2D eigenvalue weighted by molar-refractivity contribution is 7.80. The minimum absolute atomic E-state index is 0.0196. The third-order valence-electron chi connectivity index (χ3n) is 4.50. The van der Waals surface area contributed by atoms with Crippen LogP contribution in [-0.4, -0.2) is 30.1 Å². The summed E-state index contributed by atoms with van der Waals surface area (Å²) < 4.78 is 11.1. The molecular formula is C22H20Cl2N2O4S. The monoisotopic (exact) mass is 478 g/mol. The van der Waals surface area contributed by atoms with E-state index in [-0.39, 0.29) is 16.8 Å². The average Bonchev–Trinajstić information content (AvgIpc) is 2.69. The number of nitrogens with one attached hydrogen (secondary N) is 1. The van der Waals surface area contributed by atoms with Crippen LogP contribution in [0, 0.1) is 6.92 Å². The molecule has 9 heteroatoms. The fourth-order valence-corrected chi connectivity index (χ4v) is 3.76. The number of benzene rings is 2. The molecule has 0 aliphatic carbocycles. The second-order valence-electron chi connectivity index (χ2n) is 7.04. The smallest absolute Gasteiger partial charge is 0.270 e. The molecule has 1 fully saturated rings. The van der Waals surface area contributed by atoms with E-state index >= 15 is 0 Å². The molecule has 2 amide bonds.